The van der Waals surface area contributed by atoms with Crippen LogP contribution >= 0.6 is 0 Å². The summed E-state index contributed by atoms with van der Waals surface area (Å²) < 4.78 is 5.59. The number of rotatable bonds is 5. The second-order valence-corrected chi connectivity index (χ2v) is 4.93. The van der Waals surface area contributed by atoms with Gasteiger partial charge < -0.3 is 10.1 Å². The van der Waals surface area contributed by atoms with E-state index in [0.29, 0.717) is 5.92 Å². The first-order chi connectivity index (χ1) is 8.25. The maximum Gasteiger partial charge on any atom is 0.157 e. The van der Waals surface area contributed by atoms with Gasteiger partial charge in [0, 0.05) is 19.3 Å². The fourth-order valence-electron chi connectivity index (χ4n) is 1.94. The lowest BCUT2D eigenvalue weighted by Gasteiger charge is -2.10. The minimum atomic E-state index is 0.111. The molecule has 0 amide bonds. The summed E-state index contributed by atoms with van der Waals surface area (Å²) in [5.41, 5.74) is 1.05. The van der Waals surface area contributed by atoms with Gasteiger partial charge in [0.1, 0.15) is 6.10 Å². The molecule has 0 radical (unpaired) electrons. The van der Waals surface area contributed by atoms with E-state index in [2.05, 4.69) is 29.1 Å². The van der Waals surface area contributed by atoms with Gasteiger partial charge in [0.2, 0.25) is 0 Å². The monoisotopic (exact) mass is 235 g/mol. The Labute approximate surface area is 103 Å². The van der Waals surface area contributed by atoms with Crippen LogP contribution in [-0.2, 0) is 11.3 Å². The first-order valence-electron chi connectivity index (χ1n) is 6.40. The number of nitrogens with one attached hydrogen (secondary N) is 1. The minimum Gasteiger partial charge on any atom is -0.370 e. The van der Waals surface area contributed by atoms with Gasteiger partial charge in [0.05, 0.1) is 5.69 Å². The highest BCUT2D eigenvalue weighted by molar-refractivity contribution is 5.04. The number of hydrogen-bond acceptors (Lipinski definition) is 4. The van der Waals surface area contributed by atoms with E-state index in [1.54, 1.807) is 0 Å². The minimum absolute atomic E-state index is 0.111. The van der Waals surface area contributed by atoms with Crippen LogP contribution in [0.15, 0.2) is 12.3 Å². The predicted octanol–water partition coefficient (Wildman–Crippen LogP) is 2.07. The molecule has 0 bridgehead atoms. The standard InChI is InChI=1S/C13H21N3O/c1-10(2)8-14-9-11-5-6-15-13(16-11)12-4-3-7-17-12/h5-6,10,12,14H,3-4,7-9H2,1-2H3. The molecule has 94 valence electrons. The van der Waals surface area contributed by atoms with E-state index in [-0.39, 0.29) is 6.10 Å². The lowest BCUT2D eigenvalue weighted by atomic mass is 10.2. The van der Waals surface area contributed by atoms with Gasteiger partial charge in [0.25, 0.3) is 0 Å². The second-order valence-electron chi connectivity index (χ2n) is 4.93. The van der Waals surface area contributed by atoms with Gasteiger partial charge in [-0.05, 0) is 31.4 Å². The molecule has 0 spiro atoms. The van der Waals surface area contributed by atoms with Gasteiger partial charge in [-0.3, -0.25) is 0 Å². The van der Waals surface area contributed by atoms with Gasteiger partial charge in [0.15, 0.2) is 5.82 Å². The molecule has 1 aliphatic heterocycles. The van der Waals surface area contributed by atoms with Crippen LogP contribution in [0.1, 0.15) is 44.3 Å². The van der Waals surface area contributed by atoms with Crippen LogP contribution in [0.3, 0.4) is 0 Å². The molecule has 1 aromatic rings. The fourth-order valence-corrected chi connectivity index (χ4v) is 1.94. The first kappa shape index (κ1) is 12.5. The Balaban J connectivity index is 1.91. The van der Waals surface area contributed by atoms with Crippen LogP contribution in [0.4, 0.5) is 0 Å². The molecule has 2 heterocycles. The molecule has 4 heteroatoms. The van der Waals surface area contributed by atoms with Crippen LogP contribution in [0.25, 0.3) is 0 Å². The van der Waals surface area contributed by atoms with Gasteiger partial charge in [-0.2, -0.15) is 0 Å². The maximum absolute atomic E-state index is 5.59. The van der Waals surface area contributed by atoms with Crippen LogP contribution in [0.2, 0.25) is 0 Å². The van der Waals surface area contributed by atoms with E-state index in [0.717, 1.165) is 44.1 Å². The van der Waals surface area contributed by atoms with Crippen LogP contribution < -0.4 is 5.32 Å². The second kappa shape index (κ2) is 6.07. The zero-order chi connectivity index (χ0) is 12.1. The van der Waals surface area contributed by atoms with E-state index in [1.165, 1.54) is 0 Å². The molecule has 1 atom stereocenters. The lowest BCUT2D eigenvalue weighted by molar-refractivity contribution is 0.105. The maximum atomic E-state index is 5.59. The third-order valence-corrected chi connectivity index (χ3v) is 2.81. The quantitative estimate of drug-likeness (QED) is 0.848. The van der Waals surface area contributed by atoms with Crippen molar-refractivity contribution in [3.8, 4) is 0 Å². The van der Waals surface area contributed by atoms with Crippen molar-refractivity contribution in [2.45, 2.75) is 39.3 Å². The number of nitrogens with zero attached hydrogens (tertiary/aromatic N) is 2. The van der Waals surface area contributed by atoms with Crippen molar-refractivity contribution in [2.24, 2.45) is 5.92 Å². The summed E-state index contributed by atoms with van der Waals surface area (Å²) in [6, 6.07) is 1.96. The van der Waals surface area contributed by atoms with E-state index in [9.17, 15) is 0 Å². The summed E-state index contributed by atoms with van der Waals surface area (Å²) in [5, 5.41) is 3.39. The van der Waals surface area contributed by atoms with Crippen molar-refractivity contribution in [1.82, 2.24) is 15.3 Å². The van der Waals surface area contributed by atoms with Gasteiger partial charge >= 0.3 is 0 Å². The van der Waals surface area contributed by atoms with Crippen LogP contribution in [0.5, 0.6) is 0 Å². The Morgan fingerprint density at radius 1 is 1.53 bits per heavy atom. The molecule has 0 saturated carbocycles. The third kappa shape index (κ3) is 3.75. The van der Waals surface area contributed by atoms with E-state index in [4.69, 9.17) is 4.74 Å². The first-order valence-corrected chi connectivity index (χ1v) is 6.40. The summed E-state index contributed by atoms with van der Waals surface area (Å²) in [4.78, 5) is 8.85. The molecule has 4 nitrogen and oxygen atoms in total. The number of aromatic nitrogens is 2. The van der Waals surface area contributed by atoms with E-state index >= 15 is 0 Å². The Morgan fingerprint density at radius 2 is 2.41 bits per heavy atom. The number of hydrogen-bond donors (Lipinski definition) is 1. The molecule has 0 aromatic carbocycles. The van der Waals surface area contributed by atoms with Crippen LogP contribution in [-0.4, -0.2) is 23.1 Å². The molecule has 1 aromatic heterocycles. The highest BCUT2D eigenvalue weighted by atomic mass is 16.5. The third-order valence-electron chi connectivity index (χ3n) is 2.81. The Morgan fingerprint density at radius 3 is 3.12 bits per heavy atom. The Bertz CT molecular complexity index is 348. The summed E-state index contributed by atoms with van der Waals surface area (Å²) in [6.07, 6.45) is 4.10. The number of ether oxygens (including phenoxy) is 1. The van der Waals surface area contributed by atoms with Gasteiger partial charge in [-0.25, -0.2) is 9.97 Å². The molecule has 0 aliphatic carbocycles. The Kier molecular flexibility index (Phi) is 4.45. The highest BCUT2D eigenvalue weighted by Gasteiger charge is 2.20. The van der Waals surface area contributed by atoms with E-state index in [1.807, 2.05) is 12.3 Å². The van der Waals surface area contributed by atoms with Crippen molar-refractivity contribution in [1.29, 1.82) is 0 Å². The average Bonchev–Trinajstić information content (AvgIpc) is 2.82. The smallest absolute Gasteiger partial charge is 0.157 e. The average molecular weight is 235 g/mol. The summed E-state index contributed by atoms with van der Waals surface area (Å²) >= 11 is 0. The highest BCUT2D eigenvalue weighted by Crippen LogP contribution is 2.25. The molecule has 1 saturated heterocycles. The van der Waals surface area contributed by atoms with Crippen molar-refractivity contribution in [2.75, 3.05) is 13.2 Å². The molecule has 1 aliphatic rings. The molecular formula is C13H21N3O. The van der Waals surface area contributed by atoms with Crippen molar-refractivity contribution >= 4 is 0 Å². The fraction of sp³-hybridized carbons (Fsp3) is 0.692. The van der Waals surface area contributed by atoms with Gasteiger partial charge in [-0.1, -0.05) is 13.8 Å². The molecule has 17 heavy (non-hydrogen) atoms. The van der Waals surface area contributed by atoms with Crippen molar-refractivity contribution in [3.63, 3.8) is 0 Å². The lowest BCUT2D eigenvalue weighted by Crippen LogP contribution is -2.20. The van der Waals surface area contributed by atoms with Crippen molar-refractivity contribution in [3.05, 3.63) is 23.8 Å². The summed E-state index contributed by atoms with van der Waals surface area (Å²) in [6.45, 7) is 7.05. The predicted molar refractivity (Wildman–Crippen MR) is 66.5 cm³/mol. The molecular weight excluding hydrogens is 214 g/mol. The topological polar surface area (TPSA) is 47.0 Å². The van der Waals surface area contributed by atoms with E-state index < -0.39 is 0 Å². The summed E-state index contributed by atoms with van der Waals surface area (Å²) in [7, 11) is 0. The van der Waals surface area contributed by atoms with Gasteiger partial charge in [-0.15, -0.1) is 0 Å². The zero-order valence-electron chi connectivity index (χ0n) is 10.6. The largest absolute Gasteiger partial charge is 0.370 e. The van der Waals surface area contributed by atoms with Crippen molar-refractivity contribution < 1.29 is 4.74 Å². The molecule has 1 fully saturated rings. The Hall–Kier alpha value is -1.00. The van der Waals surface area contributed by atoms with Crippen LogP contribution in [0, 0.1) is 5.92 Å². The molecule has 2 rings (SSSR count). The molecule has 1 N–H and O–H groups in total. The summed E-state index contributed by atoms with van der Waals surface area (Å²) in [5.74, 6) is 1.50. The zero-order valence-corrected chi connectivity index (χ0v) is 10.6. The normalized spacial score (nSPS) is 20.1. The molecule has 1 unspecified atom stereocenters. The SMILES string of the molecule is CC(C)CNCc1ccnc(C2CCCO2)n1.